The van der Waals surface area contributed by atoms with Gasteiger partial charge in [0.25, 0.3) is 0 Å². The standard InChI is InChI=1S/C16H6F28O.Cs/c17-3(18)7(25,26)11(33,34)15(41,42)13(37,38)9(29,30)5(21,22)1-45-2-6(23,24)10(31,32)14(39,40)16(43,44)12(35,36)8(27,28)4(19)20;/h3-4H,1-2H2;. The van der Waals surface area contributed by atoms with E-state index in [1.807, 2.05) is 0 Å². The predicted molar refractivity (Wildman–Crippen MR) is 87.9 cm³/mol. The van der Waals surface area contributed by atoms with Crippen molar-refractivity contribution in [2.24, 2.45) is 0 Å². The average Bonchev–Trinajstić information content (AvgIpc) is 2.82. The molecule has 0 heterocycles. The van der Waals surface area contributed by atoms with Gasteiger partial charge in [-0.1, -0.05) is 0 Å². The van der Waals surface area contributed by atoms with Gasteiger partial charge in [-0.3, -0.25) is 0 Å². The zero-order valence-electron chi connectivity index (χ0n) is 20.6. The molecule has 46 heavy (non-hydrogen) atoms. The molecule has 0 unspecified atom stereocenters. The van der Waals surface area contributed by atoms with Gasteiger partial charge in [-0.25, -0.2) is 17.6 Å². The molecule has 0 bridgehead atoms. The summed E-state index contributed by atoms with van der Waals surface area (Å²) in [5.74, 6) is -99.0. The van der Waals surface area contributed by atoms with Crippen LogP contribution in [0.4, 0.5) is 123 Å². The Morgan fingerprint density at radius 2 is 0.478 bits per heavy atom. The summed E-state index contributed by atoms with van der Waals surface area (Å²) in [7, 11) is 0. The van der Waals surface area contributed by atoms with Crippen molar-refractivity contribution in [3.63, 3.8) is 0 Å². The van der Waals surface area contributed by atoms with E-state index in [0.717, 1.165) is 0 Å². The summed E-state index contributed by atoms with van der Waals surface area (Å²) in [6.07, 6.45) is -12.2. The van der Waals surface area contributed by atoms with E-state index >= 15 is 0 Å². The number of rotatable bonds is 16. The number of halogens is 28. The largest absolute Gasteiger partial charge is 0.384 e. The normalized spacial score (nSPS) is 16.3. The van der Waals surface area contributed by atoms with Crippen LogP contribution in [0.2, 0.25) is 0 Å². The molecular formula is C16H6CsF28O. The molecule has 0 saturated carbocycles. The maximum Gasteiger partial charge on any atom is 0.384 e. The van der Waals surface area contributed by atoms with E-state index in [4.69, 9.17) is 0 Å². The van der Waals surface area contributed by atoms with Crippen molar-refractivity contribution < 1.29 is 128 Å². The molecule has 0 N–H and O–H groups in total. The molecule has 0 aromatic heterocycles. The van der Waals surface area contributed by atoms with Crippen LogP contribution >= 0.6 is 0 Å². The molecular weight excluding hydrogens is 873 g/mol. The molecule has 0 atom stereocenters. The Morgan fingerprint density at radius 1 is 0.304 bits per heavy atom. The Labute approximate surface area is 291 Å². The molecule has 0 aromatic rings. The number of ether oxygens (including phenoxy) is 1. The minimum Gasteiger partial charge on any atom is -0.368 e. The Hall–Kier alpha value is 0.0519. The summed E-state index contributed by atoms with van der Waals surface area (Å²) < 4.78 is 368. The van der Waals surface area contributed by atoms with E-state index in [2.05, 4.69) is 4.74 Å². The zero-order valence-corrected chi connectivity index (χ0v) is 26.8. The van der Waals surface area contributed by atoms with Crippen molar-refractivity contribution in [3.05, 3.63) is 0 Å². The monoisotopic (exact) mass is 879 g/mol. The molecule has 0 aliphatic heterocycles. The van der Waals surface area contributed by atoms with Crippen LogP contribution in [0, 0.1) is 0 Å². The van der Waals surface area contributed by atoms with Gasteiger partial charge in [0.15, 0.2) is 0 Å². The predicted octanol–water partition coefficient (Wildman–Crippen LogP) is 8.78. The first-order valence-corrected chi connectivity index (χ1v) is 9.77. The van der Waals surface area contributed by atoms with Crippen LogP contribution in [0.3, 0.4) is 0 Å². The van der Waals surface area contributed by atoms with Crippen molar-refractivity contribution in [3.8, 4) is 0 Å². The Kier molecular flexibility index (Phi) is 13.9. The molecule has 0 spiro atoms. The second kappa shape index (κ2) is 13.3. The SMILES string of the molecule is FC(F)C(F)(F)C(F)(F)C(F)(F)C(F)(F)C(F)(F)C(F)(F)COCC(F)(F)C(F)(F)C(F)(F)C(F)(F)C(F)(F)C(F)(F)C(F)F.[Cs]. The fourth-order valence-electron chi connectivity index (χ4n) is 2.43. The van der Waals surface area contributed by atoms with Gasteiger partial charge >= 0.3 is 83.9 Å². The first kappa shape index (κ1) is 48.2. The summed E-state index contributed by atoms with van der Waals surface area (Å²) in [5.41, 5.74) is 0. The van der Waals surface area contributed by atoms with Crippen LogP contribution in [0.25, 0.3) is 0 Å². The number of hydrogen-bond acceptors (Lipinski definition) is 1. The first-order chi connectivity index (χ1) is 19.1. The van der Waals surface area contributed by atoms with E-state index in [-0.39, 0.29) is 68.9 Å². The molecule has 0 rings (SSSR count). The van der Waals surface area contributed by atoms with Gasteiger partial charge in [0.1, 0.15) is 13.2 Å². The Bertz CT molecular complexity index is 951. The van der Waals surface area contributed by atoms with Gasteiger partial charge in [-0.2, -0.15) is 105 Å². The third-order valence-corrected chi connectivity index (χ3v) is 5.24. The summed E-state index contributed by atoms with van der Waals surface area (Å²) in [4.78, 5) is 0. The topological polar surface area (TPSA) is 9.23 Å². The molecule has 273 valence electrons. The summed E-state index contributed by atoms with van der Waals surface area (Å²) >= 11 is 0. The molecule has 1 nitrogen and oxygen atoms in total. The van der Waals surface area contributed by atoms with Crippen molar-refractivity contribution in [1.82, 2.24) is 0 Å². The zero-order chi connectivity index (χ0) is 37.3. The molecule has 0 fully saturated rings. The smallest absolute Gasteiger partial charge is 0.368 e. The minimum atomic E-state index is -8.71. The minimum absolute atomic E-state index is 0. The van der Waals surface area contributed by atoms with Crippen LogP contribution in [0.5, 0.6) is 0 Å². The van der Waals surface area contributed by atoms with E-state index in [9.17, 15) is 123 Å². The van der Waals surface area contributed by atoms with Gasteiger partial charge in [0.2, 0.25) is 0 Å². The second-order valence-electron chi connectivity index (χ2n) is 8.34. The van der Waals surface area contributed by atoms with Gasteiger partial charge in [-0.15, -0.1) is 0 Å². The van der Waals surface area contributed by atoms with Crippen LogP contribution in [0.1, 0.15) is 0 Å². The quantitative estimate of drug-likeness (QED) is 0.141. The molecule has 0 aliphatic rings. The van der Waals surface area contributed by atoms with Crippen LogP contribution in [0.15, 0.2) is 0 Å². The fraction of sp³-hybridized carbons (Fsp3) is 1.00. The third-order valence-electron chi connectivity index (χ3n) is 5.24. The van der Waals surface area contributed by atoms with Crippen LogP contribution < -0.4 is 0 Å². The van der Waals surface area contributed by atoms with Crippen molar-refractivity contribution in [2.75, 3.05) is 13.2 Å². The van der Waals surface area contributed by atoms with Crippen molar-refractivity contribution in [2.45, 2.75) is 83.9 Å². The maximum atomic E-state index is 13.5. The molecule has 30 heteroatoms. The molecule has 0 aliphatic carbocycles. The van der Waals surface area contributed by atoms with E-state index < -0.39 is 97.1 Å². The molecule has 0 aromatic carbocycles. The van der Waals surface area contributed by atoms with Crippen molar-refractivity contribution >= 4 is 68.9 Å². The van der Waals surface area contributed by atoms with Crippen LogP contribution in [-0.2, 0) is 4.74 Å². The number of hydrogen-bond donors (Lipinski definition) is 0. The van der Waals surface area contributed by atoms with Crippen LogP contribution in [-0.4, -0.2) is 166 Å². The Morgan fingerprint density at radius 3 is 0.652 bits per heavy atom. The molecule has 0 saturated heterocycles. The Balaban J connectivity index is 0. The van der Waals surface area contributed by atoms with Crippen molar-refractivity contribution in [1.29, 1.82) is 0 Å². The summed E-state index contributed by atoms with van der Waals surface area (Å²) in [6.45, 7) is -8.68. The van der Waals surface area contributed by atoms with Gasteiger partial charge < -0.3 is 4.74 Å². The third kappa shape index (κ3) is 6.74. The van der Waals surface area contributed by atoms with E-state index in [0.29, 0.717) is 0 Å². The van der Waals surface area contributed by atoms with Gasteiger partial charge in [-0.05, 0) is 0 Å². The second-order valence-corrected chi connectivity index (χ2v) is 8.34. The maximum absolute atomic E-state index is 13.5. The first-order valence-electron chi connectivity index (χ1n) is 9.77. The molecule has 1 radical (unpaired) electrons. The van der Waals surface area contributed by atoms with Gasteiger partial charge in [0.05, 0.1) is 0 Å². The van der Waals surface area contributed by atoms with E-state index in [1.54, 1.807) is 0 Å². The molecule has 0 amide bonds. The number of alkyl halides is 28. The average molecular weight is 879 g/mol. The van der Waals surface area contributed by atoms with Gasteiger partial charge in [0, 0.05) is 68.9 Å². The summed E-state index contributed by atoms with van der Waals surface area (Å²) in [6, 6.07) is 0. The van der Waals surface area contributed by atoms with E-state index in [1.165, 1.54) is 0 Å². The summed E-state index contributed by atoms with van der Waals surface area (Å²) in [5, 5.41) is 0. The fourth-order valence-corrected chi connectivity index (χ4v) is 2.43.